The van der Waals surface area contributed by atoms with Gasteiger partial charge in [-0.1, -0.05) is 0 Å². The van der Waals surface area contributed by atoms with Crippen molar-refractivity contribution in [2.24, 2.45) is 0 Å². The Balaban J connectivity index is 2.34. The van der Waals surface area contributed by atoms with Crippen LogP contribution < -0.4 is 4.90 Å². The summed E-state index contributed by atoms with van der Waals surface area (Å²) in [5, 5.41) is 18.8. The van der Waals surface area contributed by atoms with Crippen LogP contribution in [0.15, 0.2) is 18.2 Å². The first kappa shape index (κ1) is 12.3. The van der Waals surface area contributed by atoms with Crippen molar-refractivity contribution in [3.05, 3.63) is 29.6 Å². The van der Waals surface area contributed by atoms with Crippen LogP contribution in [0.4, 0.5) is 10.1 Å². The summed E-state index contributed by atoms with van der Waals surface area (Å²) >= 11 is 0. The number of aliphatic hydroxyl groups is 2. The molecule has 1 fully saturated rings. The van der Waals surface area contributed by atoms with E-state index in [9.17, 15) is 9.50 Å². The zero-order valence-corrected chi connectivity index (χ0v) is 9.93. The first-order valence-corrected chi connectivity index (χ1v) is 5.98. The highest BCUT2D eigenvalue weighted by Gasteiger charge is 2.30. The molecule has 0 aliphatic heterocycles. The summed E-state index contributed by atoms with van der Waals surface area (Å²) < 4.78 is 13.2. The third kappa shape index (κ3) is 2.76. The predicted molar refractivity (Wildman–Crippen MR) is 64.5 cm³/mol. The number of rotatable bonds is 5. The quantitative estimate of drug-likeness (QED) is 0.824. The van der Waals surface area contributed by atoms with Gasteiger partial charge in [0, 0.05) is 23.8 Å². The fourth-order valence-electron chi connectivity index (χ4n) is 2.12. The number of aliphatic hydroxyl groups excluding tert-OH is 2. The van der Waals surface area contributed by atoms with Crippen LogP contribution in [0.1, 0.15) is 31.4 Å². The van der Waals surface area contributed by atoms with Crippen LogP contribution in [-0.4, -0.2) is 29.4 Å². The minimum atomic E-state index is -0.708. The summed E-state index contributed by atoms with van der Waals surface area (Å²) in [4.78, 5) is 2.06. The second-order valence-electron chi connectivity index (χ2n) is 4.53. The molecule has 0 spiro atoms. The molecule has 2 N–H and O–H groups in total. The van der Waals surface area contributed by atoms with Crippen LogP contribution in [0.5, 0.6) is 0 Å². The average molecular weight is 239 g/mol. The number of hydrogen-bond donors (Lipinski definition) is 2. The lowest BCUT2D eigenvalue weighted by Gasteiger charge is -2.27. The molecule has 0 aromatic heterocycles. The fourth-order valence-corrected chi connectivity index (χ4v) is 2.12. The number of anilines is 1. The largest absolute Gasteiger partial charge is 0.395 e. The highest BCUT2D eigenvalue weighted by molar-refractivity contribution is 5.56. The zero-order valence-electron chi connectivity index (χ0n) is 9.93. The highest BCUT2D eigenvalue weighted by Crippen LogP contribution is 2.35. The van der Waals surface area contributed by atoms with Gasteiger partial charge in [0.15, 0.2) is 0 Å². The van der Waals surface area contributed by atoms with E-state index in [1.807, 2.05) is 0 Å². The first-order chi connectivity index (χ1) is 8.13. The fraction of sp³-hybridized carbons (Fsp3) is 0.538. The SMILES string of the molecule is C[C@H](O)c1cc(F)ccc1N(CCO)C1CC1. The molecular weight excluding hydrogens is 221 g/mol. The third-order valence-electron chi connectivity index (χ3n) is 3.08. The van der Waals surface area contributed by atoms with Gasteiger partial charge in [0.2, 0.25) is 0 Å². The molecule has 17 heavy (non-hydrogen) atoms. The van der Waals surface area contributed by atoms with Crippen molar-refractivity contribution in [2.45, 2.75) is 31.9 Å². The smallest absolute Gasteiger partial charge is 0.123 e. The summed E-state index contributed by atoms with van der Waals surface area (Å²) in [5.41, 5.74) is 1.42. The van der Waals surface area contributed by atoms with Gasteiger partial charge in [0.1, 0.15) is 5.82 Å². The van der Waals surface area contributed by atoms with Gasteiger partial charge in [-0.2, -0.15) is 0 Å². The van der Waals surface area contributed by atoms with Crippen LogP contribution in [0.2, 0.25) is 0 Å². The molecule has 0 radical (unpaired) electrons. The van der Waals surface area contributed by atoms with Crippen LogP contribution in [0, 0.1) is 5.82 Å². The lowest BCUT2D eigenvalue weighted by atomic mass is 10.1. The molecule has 2 rings (SSSR count). The molecule has 0 amide bonds. The zero-order chi connectivity index (χ0) is 12.4. The Labute approximate surface area is 100 Å². The van der Waals surface area contributed by atoms with Crippen molar-refractivity contribution in [3.8, 4) is 0 Å². The second-order valence-corrected chi connectivity index (χ2v) is 4.53. The minimum Gasteiger partial charge on any atom is -0.395 e. The van der Waals surface area contributed by atoms with E-state index >= 15 is 0 Å². The van der Waals surface area contributed by atoms with E-state index in [0.717, 1.165) is 18.5 Å². The molecular formula is C13H18FNO2. The van der Waals surface area contributed by atoms with Gasteiger partial charge in [-0.05, 0) is 38.0 Å². The Morgan fingerprint density at radius 1 is 1.47 bits per heavy atom. The van der Waals surface area contributed by atoms with E-state index in [4.69, 9.17) is 5.11 Å². The number of hydrogen-bond acceptors (Lipinski definition) is 3. The highest BCUT2D eigenvalue weighted by atomic mass is 19.1. The van der Waals surface area contributed by atoms with Crippen LogP contribution in [0.25, 0.3) is 0 Å². The van der Waals surface area contributed by atoms with Crippen molar-refractivity contribution in [3.63, 3.8) is 0 Å². The Bertz CT molecular complexity index is 391. The standard InChI is InChI=1S/C13H18FNO2/c1-9(17)12-8-10(14)2-5-13(12)15(6-7-16)11-3-4-11/h2,5,8-9,11,16-17H,3-4,6-7H2,1H3/t9-/m0/s1. The van der Waals surface area contributed by atoms with Crippen molar-refractivity contribution >= 4 is 5.69 Å². The van der Waals surface area contributed by atoms with Gasteiger partial charge in [-0.25, -0.2) is 4.39 Å². The molecule has 0 unspecified atom stereocenters. The number of halogens is 1. The summed E-state index contributed by atoms with van der Waals surface area (Å²) in [6, 6.07) is 4.87. The van der Waals surface area contributed by atoms with E-state index in [2.05, 4.69) is 4.90 Å². The van der Waals surface area contributed by atoms with Crippen LogP contribution >= 0.6 is 0 Å². The molecule has 94 valence electrons. The van der Waals surface area contributed by atoms with Crippen LogP contribution in [-0.2, 0) is 0 Å². The Morgan fingerprint density at radius 2 is 2.18 bits per heavy atom. The van der Waals surface area contributed by atoms with E-state index in [-0.39, 0.29) is 12.4 Å². The average Bonchev–Trinajstić information content (AvgIpc) is 3.10. The normalized spacial score (nSPS) is 16.9. The molecule has 3 nitrogen and oxygen atoms in total. The van der Waals surface area contributed by atoms with Crippen molar-refractivity contribution in [1.82, 2.24) is 0 Å². The monoisotopic (exact) mass is 239 g/mol. The molecule has 1 aromatic rings. The topological polar surface area (TPSA) is 43.7 Å². The molecule has 1 atom stereocenters. The summed E-state index contributed by atoms with van der Waals surface area (Å²) in [6.45, 7) is 2.21. The lowest BCUT2D eigenvalue weighted by molar-refractivity contribution is 0.199. The maximum atomic E-state index is 13.2. The van der Waals surface area contributed by atoms with E-state index < -0.39 is 6.10 Å². The molecule has 1 saturated carbocycles. The molecule has 1 aliphatic rings. The second kappa shape index (κ2) is 5.02. The van der Waals surface area contributed by atoms with E-state index in [1.54, 1.807) is 13.0 Å². The van der Waals surface area contributed by atoms with Crippen LogP contribution in [0.3, 0.4) is 0 Å². The van der Waals surface area contributed by atoms with Gasteiger partial charge >= 0.3 is 0 Å². The molecule has 1 aliphatic carbocycles. The third-order valence-corrected chi connectivity index (χ3v) is 3.08. The van der Waals surface area contributed by atoms with E-state index in [0.29, 0.717) is 18.2 Å². The predicted octanol–water partition coefficient (Wildman–Crippen LogP) is 1.84. The Hall–Kier alpha value is -1.13. The number of nitrogens with zero attached hydrogens (tertiary/aromatic N) is 1. The summed E-state index contributed by atoms with van der Waals surface area (Å²) in [6.07, 6.45) is 1.48. The van der Waals surface area contributed by atoms with Gasteiger partial charge in [-0.15, -0.1) is 0 Å². The lowest BCUT2D eigenvalue weighted by Crippen LogP contribution is -2.30. The van der Waals surface area contributed by atoms with Crippen molar-refractivity contribution < 1.29 is 14.6 Å². The molecule has 0 heterocycles. The van der Waals surface area contributed by atoms with Crippen molar-refractivity contribution in [1.29, 1.82) is 0 Å². The van der Waals surface area contributed by atoms with Gasteiger partial charge in [-0.3, -0.25) is 0 Å². The molecule has 1 aromatic carbocycles. The first-order valence-electron chi connectivity index (χ1n) is 5.98. The maximum Gasteiger partial charge on any atom is 0.123 e. The molecule has 0 bridgehead atoms. The van der Waals surface area contributed by atoms with E-state index in [1.165, 1.54) is 12.1 Å². The molecule has 4 heteroatoms. The Morgan fingerprint density at radius 3 is 2.71 bits per heavy atom. The van der Waals surface area contributed by atoms with Crippen molar-refractivity contribution in [2.75, 3.05) is 18.1 Å². The van der Waals surface area contributed by atoms with Gasteiger partial charge in [0.05, 0.1) is 12.7 Å². The summed E-state index contributed by atoms with van der Waals surface area (Å²) in [5.74, 6) is -0.343. The Kier molecular flexibility index (Phi) is 3.64. The van der Waals surface area contributed by atoms with Gasteiger partial charge < -0.3 is 15.1 Å². The summed E-state index contributed by atoms with van der Waals surface area (Å²) in [7, 11) is 0. The maximum absolute atomic E-state index is 13.2. The minimum absolute atomic E-state index is 0.0626. The van der Waals surface area contributed by atoms with Gasteiger partial charge in [0.25, 0.3) is 0 Å². The molecule has 0 saturated heterocycles. The number of benzene rings is 1.